The average molecular weight is 237 g/mol. The molecule has 0 aliphatic heterocycles. The van der Waals surface area contributed by atoms with Gasteiger partial charge in [0.15, 0.2) is 0 Å². The zero-order valence-corrected chi connectivity index (χ0v) is 11.2. The smallest absolute Gasteiger partial charge is 0.127 e. The van der Waals surface area contributed by atoms with Crippen molar-refractivity contribution in [3.8, 4) is 0 Å². The quantitative estimate of drug-likeness (QED) is 0.799. The number of hydrogen-bond donors (Lipinski definition) is 1. The Kier molecular flexibility index (Phi) is 5.13. The van der Waals surface area contributed by atoms with E-state index in [-0.39, 0.29) is 6.54 Å². The van der Waals surface area contributed by atoms with Crippen molar-refractivity contribution in [3.63, 3.8) is 0 Å². The summed E-state index contributed by atoms with van der Waals surface area (Å²) in [7, 11) is 0. The molecule has 0 fully saturated rings. The predicted octanol–water partition coefficient (Wildman–Crippen LogP) is 3.82. The summed E-state index contributed by atoms with van der Waals surface area (Å²) in [6, 6.07) is 8.22. The zero-order chi connectivity index (χ0) is 12.9. The largest absolute Gasteiger partial charge is 0.328 e. The molecular formula is C15H24FN. The molecule has 0 radical (unpaired) electrons. The van der Waals surface area contributed by atoms with E-state index in [2.05, 4.69) is 26.0 Å². The number of alkyl halides is 1. The lowest BCUT2D eigenvalue weighted by molar-refractivity contribution is 0.158. The Balaban J connectivity index is 2.73. The maximum absolute atomic E-state index is 14.3. The Hall–Kier alpha value is -0.890. The maximum atomic E-state index is 14.3. The average Bonchev–Trinajstić information content (AvgIpc) is 2.30. The minimum absolute atomic E-state index is 0.104. The first-order valence-electron chi connectivity index (χ1n) is 6.48. The molecule has 2 N–H and O–H groups in total. The lowest BCUT2D eigenvalue weighted by Crippen LogP contribution is -2.35. The van der Waals surface area contributed by atoms with Crippen LogP contribution in [0.4, 0.5) is 4.39 Å². The van der Waals surface area contributed by atoms with Crippen molar-refractivity contribution in [1.82, 2.24) is 0 Å². The van der Waals surface area contributed by atoms with E-state index in [4.69, 9.17) is 5.73 Å². The third kappa shape index (κ3) is 4.12. The molecule has 0 bridgehead atoms. The summed E-state index contributed by atoms with van der Waals surface area (Å²) in [6.07, 6.45) is 1.79. The number of benzene rings is 1. The molecule has 0 amide bonds. The van der Waals surface area contributed by atoms with E-state index in [1.165, 1.54) is 5.56 Å². The fraction of sp³-hybridized carbons (Fsp3) is 0.600. The second kappa shape index (κ2) is 6.15. The normalized spacial score (nSPS) is 14.9. The molecule has 0 saturated carbocycles. The van der Waals surface area contributed by atoms with Crippen LogP contribution in [0.3, 0.4) is 0 Å². The highest BCUT2D eigenvalue weighted by Crippen LogP contribution is 2.24. The molecular weight excluding hydrogens is 213 g/mol. The summed E-state index contributed by atoms with van der Waals surface area (Å²) in [4.78, 5) is 0. The first-order valence-corrected chi connectivity index (χ1v) is 6.48. The Morgan fingerprint density at radius 3 is 2.24 bits per heavy atom. The van der Waals surface area contributed by atoms with E-state index in [1.54, 1.807) is 0 Å². The highest BCUT2D eigenvalue weighted by atomic mass is 19.1. The van der Waals surface area contributed by atoms with Crippen molar-refractivity contribution in [3.05, 3.63) is 35.4 Å². The molecule has 96 valence electrons. The molecule has 1 atom stereocenters. The van der Waals surface area contributed by atoms with E-state index in [0.29, 0.717) is 18.8 Å². The van der Waals surface area contributed by atoms with Crippen LogP contribution in [0.25, 0.3) is 0 Å². The van der Waals surface area contributed by atoms with E-state index >= 15 is 0 Å². The summed E-state index contributed by atoms with van der Waals surface area (Å²) >= 11 is 0. The van der Waals surface area contributed by atoms with Crippen LogP contribution in [0.15, 0.2) is 24.3 Å². The van der Waals surface area contributed by atoms with Crippen LogP contribution in [-0.2, 0) is 6.42 Å². The van der Waals surface area contributed by atoms with Gasteiger partial charge in [0.2, 0.25) is 0 Å². The molecule has 2 heteroatoms. The van der Waals surface area contributed by atoms with Crippen molar-refractivity contribution >= 4 is 0 Å². The van der Waals surface area contributed by atoms with Gasteiger partial charge in [0.1, 0.15) is 5.67 Å². The van der Waals surface area contributed by atoms with Crippen LogP contribution in [0.5, 0.6) is 0 Å². The Morgan fingerprint density at radius 2 is 1.82 bits per heavy atom. The van der Waals surface area contributed by atoms with Gasteiger partial charge in [-0.2, -0.15) is 0 Å². The Morgan fingerprint density at radius 1 is 1.24 bits per heavy atom. The number of rotatable bonds is 6. The van der Waals surface area contributed by atoms with Crippen molar-refractivity contribution in [2.45, 2.75) is 51.6 Å². The van der Waals surface area contributed by atoms with Gasteiger partial charge < -0.3 is 5.73 Å². The van der Waals surface area contributed by atoms with Crippen LogP contribution in [0.1, 0.15) is 50.7 Å². The van der Waals surface area contributed by atoms with Crippen LogP contribution < -0.4 is 5.73 Å². The van der Waals surface area contributed by atoms with Gasteiger partial charge in [-0.25, -0.2) is 4.39 Å². The van der Waals surface area contributed by atoms with E-state index in [9.17, 15) is 4.39 Å². The van der Waals surface area contributed by atoms with E-state index < -0.39 is 5.67 Å². The number of hydrogen-bond acceptors (Lipinski definition) is 1. The van der Waals surface area contributed by atoms with Gasteiger partial charge in [-0.15, -0.1) is 0 Å². The third-order valence-electron chi connectivity index (χ3n) is 3.23. The summed E-state index contributed by atoms with van der Waals surface area (Å²) in [5.41, 5.74) is 6.63. The highest BCUT2D eigenvalue weighted by molar-refractivity contribution is 5.25. The standard InChI is InChI=1S/C15H24FN/c1-4-9-15(16,11-17)10-13-5-7-14(8-6-13)12(2)3/h5-8,12H,4,9-11,17H2,1-3H3. The minimum Gasteiger partial charge on any atom is -0.328 e. The van der Waals surface area contributed by atoms with Crippen molar-refractivity contribution < 1.29 is 4.39 Å². The molecule has 1 nitrogen and oxygen atoms in total. The van der Waals surface area contributed by atoms with Gasteiger partial charge in [-0.1, -0.05) is 51.5 Å². The fourth-order valence-corrected chi connectivity index (χ4v) is 2.10. The lowest BCUT2D eigenvalue weighted by atomic mass is 9.91. The zero-order valence-electron chi connectivity index (χ0n) is 11.2. The molecule has 17 heavy (non-hydrogen) atoms. The molecule has 1 rings (SSSR count). The summed E-state index contributed by atoms with van der Waals surface area (Å²) in [6.45, 7) is 6.41. The summed E-state index contributed by atoms with van der Waals surface area (Å²) in [5, 5.41) is 0. The molecule has 1 aromatic carbocycles. The first-order chi connectivity index (χ1) is 8.00. The molecule has 0 aromatic heterocycles. The second-order valence-electron chi connectivity index (χ2n) is 5.18. The third-order valence-corrected chi connectivity index (χ3v) is 3.23. The molecule has 0 aliphatic carbocycles. The molecule has 1 aromatic rings. The molecule has 0 saturated heterocycles. The summed E-state index contributed by atoms with van der Waals surface area (Å²) in [5.74, 6) is 0.518. The Bertz CT molecular complexity index is 331. The van der Waals surface area contributed by atoms with Crippen LogP contribution in [-0.4, -0.2) is 12.2 Å². The highest BCUT2D eigenvalue weighted by Gasteiger charge is 2.26. The second-order valence-corrected chi connectivity index (χ2v) is 5.18. The predicted molar refractivity (Wildman–Crippen MR) is 72.0 cm³/mol. The van der Waals surface area contributed by atoms with Crippen molar-refractivity contribution in [2.24, 2.45) is 5.73 Å². The fourth-order valence-electron chi connectivity index (χ4n) is 2.10. The Labute approximate surface area is 104 Å². The molecule has 1 unspecified atom stereocenters. The van der Waals surface area contributed by atoms with Gasteiger partial charge in [0.25, 0.3) is 0 Å². The molecule has 0 spiro atoms. The van der Waals surface area contributed by atoms with Crippen molar-refractivity contribution in [1.29, 1.82) is 0 Å². The van der Waals surface area contributed by atoms with E-state index in [0.717, 1.165) is 12.0 Å². The molecule has 0 aliphatic rings. The maximum Gasteiger partial charge on any atom is 0.127 e. The van der Waals surface area contributed by atoms with Crippen LogP contribution in [0, 0.1) is 0 Å². The van der Waals surface area contributed by atoms with Gasteiger partial charge in [0, 0.05) is 13.0 Å². The lowest BCUT2D eigenvalue weighted by Gasteiger charge is -2.23. The molecule has 0 heterocycles. The minimum atomic E-state index is -1.24. The van der Waals surface area contributed by atoms with Gasteiger partial charge in [-0.05, 0) is 23.5 Å². The van der Waals surface area contributed by atoms with Crippen molar-refractivity contribution in [2.75, 3.05) is 6.54 Å². The van der Waals surface area contributed by atoms with Crippen LogP contribution in [0.2, 0.25) is 0 Å². The van der Waals surface area contributed by atoms with Gasteiger partial charge in [0.05, 0.1) is 0 Å². The first kappa shape index (κ1) is 14.2. The van der Waals surface area contributed by atoms with E-state index in [1.807, 2.05) is 19.1 Å². The monoisotopic (exact) mass is 237 g/mol. The SMILES string of the molecule is CCCC(F)(CN)Cc1ccc(C(C)C)cc1. The number of halogens is 1. The van der Waals surface area contributed by atoms with Crippen LogP contribution >= 0.6 is 0 Å². The van der Waals surface area contributed by atoms with Gasteiger partial charge in [-0.3, -0.25) is 0 Å². The topological polar surface area (TPSA) is 26.0 Å². The van der Waals surface area contributed by atoms with Gasteiger partial charge >= 0.3 is 0 Å². The number of nitrogens with two attached hydrogens (primary N) is 1. The summed E-state index contributed by atoms with van der Waals surface area (Å²) < 4.78 is 14.3.